The third-order valence-corrected chi connectivity index (χ3v) is 3.26. The molecule has 0 fully saturated rings. The quantitative estimate of drug-likeness (QED) is 0.903. The minimum atomic E-state index is -0.173. The van der Waals surface area contributed by atoms with E-state index in [4.69, 9.17) is 0 Å². The molecule has 2 rings (SSSR count). The van der Waals surface area contributed by atoms with Gasteiger partial charge in [-0.25, -0.2) is 0 Å². The molecule has 1 N–H and O–H groups in total. The standard InChI is InChI=1S/C13H15N3OS/c1-13(2,3)9-4-6-10(7-5-9)15-12(17)11-8-14-16-18-11/h4-8H,1-3H3,(H,15,17). The van der Waals surface area contributed by atoms with E-state index < -0.39 is 0 Å². The summed E-state index contributed by atoms with van der Waals surface area (Å²) in [7, 11) is 0. The number of amides is 1. The van der Waals surface area contributed by atoms with E-state index in [1.165, 1.54) is 11.8 Å². The van der Waals surface area contributed by atoms with Crippen LogP contribution in [0.25, 0.3) is 0 Å². The maximum absolute atomic E-state index is 11.8. The Morgan fingerprint density at radius 3 is 2.39 bits per heavy atom. The van der Waals surface area contributed by atoms with Gasteiger partial charge in [0.05, 0.1) is 6.20 Å². The molecule has 0 spiro atoms. The van der Waals surface area contributed by atoms with Crippen LogP contribution in [0.15, 0.2) is 30.5 Å². The Hall–Kier alpha value is -1.75. The molecule has 0 saturated carbocycles. The van der Waals surface area contributed by atoms with Crippen LogP contribution in [0.5, 0.6) is 0 Å². The van der Waals surface area contributed by atoms with E-state index in [1.807, 2.05) is 24.3 Å². The Labute approximate surface area is 110 Å². The van der Waals surface area contributed by atoms with Gasteiger partial charge in [0.25, 0.3) is 5.91 Å². The SMILES string of the molecule is CC(C)(C)c1ccc(NC(=O)c2cnns2)cc1. The number of benzene rings is 1. The topological polar surface area (TPSA) is 54.9 Å². The van der Waals surface area contributed by atoms with Gasteiger partial charge in [0.15, 0.2) is 0 Å². The molecule has 4 nitrogen and oxygen atoms in total. The van der Waals surface area contributed by atoms with Gasteiger partial charge < -0.3 is 5.32 Å². The fourth-order valence-corrected chi connectivity index (χ4v) is 1.92. The fourth-order valence-electron chi connectivity index (χ4n) is 1.51. The minimum Gasteiger partial charge on any atom is -0.321 e. The minimum absolute atomic E-state index is 0.115. The van der Waals surface area contributed by atoms with Gasteiger partial charge in [-0.15, -0.1) is 5.10 Å². The van der Waals surface area contributed by atoms with Crippen LogP contribution in [0.3, 0.4) is 0 Å². The molecule has 1 heterocycles. The third-order valence-electron chi connectivity index (χ3n) is 2.59. The van der Waals surface area contributed by atoms with Crippen molar-refractivity contribution in [3.05, 3.63) is 40.9 Å². The van der Waals surface area contributed by atoms with Crippen LogP contribution in [0.4, 0.5) is 5.69 Å². The lowest BCUT2D eigenvalue weighted by atomic mass is 9.87. The molecule has 1 aromatic heterocycles. The van der Waals surface area contributed by atoms with E-state index in [9.17, 15) is 4.79 Å². The van der Waals surface area contributed by atoms with Crippen molar-refractivity contribution in [1.82, 2.24) is 9.59 Å². The lowest BCUT2D eigenvalue weighted by Crippen LogP contribution is -2.12. The van der Waals surface area contributed by atoms with Crippen LogP contribution in [0.2, 0.25) is 0 Å². The van der Waals surface area contributed by atoms with Crippen molar-refractivity contribution in [2.24, 2.45) is 0 Å². The van der Waals surface area contributed by atoms with Crippen molar-refractivity contribution < 1.29 is 4.79 Å². The molecule has 2 aromatic rings. The lowest BCUT2D eigenvalue weighted by molar-refractivity contribution is 0.103. The number of carbonyl (C=O) groups excluding carboxylic acids is 1. The zero-order valence-corrected chi connectivity index (χ0v) is 11.4. The maximum Gasteiger partial charge on any atom is 0.269 e. The molecule has 0 saturated heterocycles. The summed E-state index contributed by atoms with van der Waals surface area (Å²) in [6, 6.07) is 7.88. The number of anilines is 1. The van der Waals surface area contributed by atoms with E-state index in [0.717, 1.165) is 17.2 Å². The molecule has 0 bridgehead atoms. The normalized spacial score (nSPS) is 11.3. The summed E-state index contributed by atoms with van der Waals surface area (Å²) in [5.41, 5.74) is 2.13. The summed E-state index contributed by atoms with van der Waals surface area (Å²) in [6.07, 6.45) is 1.46. The molecular weight excluding hydrogens is 246 g/mol. The second-order valence-electron chi connectivity index (χ2n) is 5.06. The maximum atomic E-state index is 11.8. The molecule has 0 aliphatic rings. The highest BCUT2D eigenvalue weighted by Crippen LogP contribution is 2.23. The molecule has 18 heavy (non-hydrogen) atoms. The molecule has 0 aliphatic carbocycles. The molecule has 0 radical (unpaired) electrons. The number of rotatable bonds is 2. The summed E-state index contributed by atoms with van der Waals surface area (Å²) in [5, 5.41) is 6.45. The van der Waals surface area contributed by atoms with Gasteiger partial charge in [-0.1, -0.05) is 37.4 Å². The van der Waals surface area contributed by atoms with Crippen molar-refractivity contribution in [3.63, 3.8) is 0 Å². The molecule has 1 aromatic carbocycles. The van der Waals surface area contributed by atoms with Crippen molar-refractivity contribution in [1.29, 1.82) is 0 Å². The molecule has 0 unspecified atom stereocenters. The first-order chi connectivity index (χ1) is 8.47. The van der Waals surface area contributed by atoms with E-state index in [0.29, 0.717) is 4.88 Å². The van der Waals surface area contributed by atoms with Crippen LogP contribution in [0.1, 0.15) is 36.0 Å². The smallest absolute Gasteiger partial charge is 0.269 e. The van der Waals surface area contributed by atoms with E-state index in [1.54, 1.807) is 0 Å². The van der Waals surface area contributed by atoms with Crippen LogP contribution in [0, 0.1) is 0 Å². The van der Waals surface area contributed by atoms with Crippen molar-refractivity contribution in [2.75, 3.05) is 5.32 Å². The highest BCUT2D eigenvalue weighted by atomic mass is 32.1. The highest BCUT2D eigenvalue weighted by molar-refractivity contribution is 7.07. The predicted octanol–water partition coefficient (Wildman–Crippen LogP) is 3.09. The van der Waals surface area contributed by atoms with Gasteiger partial charge in [-0.05, 0) is 34.6 Å². The second-order valence-corrected chi connectivity index (χ2v) is 5.85. The van der Waals surface area contributed by atoms with E-state index >= 15 is 0 Å². The summed E-state index contributed by atoms with van der Waals surface area (Å²) >= 11 is 1.08. The zero-order valence-electron chi connectivity index (χ0n) is 10.6. The van der Waals surface area contributed by atoms with Gasteiger partial charge in [0, 0.05) is 5.69 Å². The van der Waals surface area contributed by atoms with Crippen LogP contribution < -0.4 is 5.32 Å². The number of nitrogens with zero attached hydrogens (tertiary/aromatic N) is 2. The number of aromatic nitrogens is 2. The number of nitrogens with one attached hydrogen (secondary N) is 1. The van der Waals surface area contributed by atoms with Gasteiger partial charge in [-0.3, -0.25) is 4.79 Å². The average Bonchev–Trinajstić information content (AvgIpc) is 2.82. The van der Waals surface area contributed by atoms with Crippen molar-refractivity contribution in [2.45, 2.75) is 26.2 Å². The first kappa shape index (κ1) is 12.7. The molecule has 5 heteroatoms. The molecule has 94 valence electrons. The zero-order chi connectivity index (χ0) is 13.2. The number of carbonyl (C=O) groups is 1. The van der Waals surface area contributed by atoms with Gasteiger partial charge in [0.2, 0.25) is 0 Å². The third kappa shape index (κ3) is 2.92. The van der Waals surface area contributed by atoms with Crippen molar-refractivity contribution >= 4 is 23.1 Å². The first-order valence-electron chi connectivity index (χ1n) is 5.66. The van der Waals surface area contributed by atoms with Crippen molar-refractivity contribution in [3.8, 4) is 0 Å². The van der Waals surface area contributed by atoms with Gasteiger partial charge in [0.1, 0.15) is 4.88 Å². The summed E-state index contributed by atoms with van der Waals surface area (Å²) < 4.78 is 3.66. The Morgan fingerprint density at radius 1 is 1.22 bits per heavy atom. The highest BCUT2D eigenvalue weighted by Gasteiger charge is 2.13. The summed E-state index contributed by atoms with van der Waals surface area (Å²) in [6.45, 7) is 6.47. The second kappa shape index (κ2) is 4.86. The molecular formula is C13H15N3OS. The Morgan fingerprint density at radius 2 is 1.89 bits per heavy atom. The number of hydrogen-bond acceptors (Lipinski definition) is 4. The monoisotopic (exact) mass is 261 g/mol. The lowest BCUT2D eigenvalue weighted by Gasteiger charge is -2.19. The Balaban J connectivity index is 2.09. The van der Waals surface area contributed by atoms with Gasteiger partial charge >= 0.3 is 0 Å². The summed E-state index contributed by atoms with van der Waals surface area (Å²) in [4.78, 5) is 12.3. The average molecular weight is 261 g/mol. The molecule has 1 amide bonds. The van der Waals surface area contributed by atoms with Crippen LogP contribution >= 0.6 is 11.5 Å². The fraction of sp³-hybridized carbons (Fsp3) is 0.308. The van der Waals surface area contributed by atoms with Gasteiger partial charge in [-0.2, -0.15) is 0 Å². The largest absolute Gasteiger partial charge is 0.321 e. The summed E-state index contributed by atoms with van der Waals surface area (Å²) in [5.74, 6) is -0.173. The molecule has 0 atom stereocenters. The Bertz CT molecular complexity index is 526. The Kier molecular flexibility index (Phi) is 3.43. The molecule has 0 aliphatic heterocycles. The van der Waals surface area contributed by atoms with Crippen LogP contribution in [-0.2, 0) is 5.41 Å². The predicted molar refractivity (Wildman–Crippen MR) is 73.0 cm³/mol. The number of hydrogen-bond donors (Lipinski definition) is 1. The van der Waals surface area contributed by atoms with Crippen LogP contribution in [-0.4, -0.2) is 15.5 Å². The first-order valence-corrected chi connectivity index (χ1v) is 6.43. The van der Waals surface area contributed by atoms with E-state index in [2.05, 4.69) is 35.7 Å². The van der Waals surface area contributed by atoms with E-state index in [-0.39, 0.29) is 11.3 Å².